The molecule has 2 aromatic carbocycles. The van der Waals surface area contributed by atoms with E-state index in [0.29, 0.717) is 23.3 Å². The molecule has 4 nitrogen and oxygen atoms in total. The van der Waals surface area contributed by atoms with Crippen molar-refractivity contribution < 1.29 is 13.2 Å². The normalized spacial score (nSPS) is 11.1. The first-order valence-corrected chi connectivity index (χ1v) is 8.25. The molecule has 6 heteroatoms. The van der Waals surface area contributed by atoms with Gasteiger partial charge in [0.25, 0.3) is 0 Å². The molecule has 2 rings (SSSR count). The maximum Gasteiger partial charge on any atom is 0.229 e. The zero-order valence-electron chi connectivity index (χ0n) is 12.0. The van der Waals surface area contributed by atoms with E-state index in [1.165, 1.54) is 0 Å². The standard InChI is InChI=1S/C15H16BNO3S/c1-20-15-8-5-12(10-14(15)16)9-11-3-6-13(7-4-11)17-21(2,18)19/h3-8,10,17H,9H2,1-2H3. The van der Waals surface area contributed by atoms with Crippen molar-refractivity contribution in [3.05, 3.63) is 53.6 Å². The van der Waals surface area contributed by atoms with Crippen molar-refractivity contribution >= 4 is 29.0 Å². The molecule has 0 atom stereocenters. The van der Waals surface area contributed by atoms with Crippen LogP contribution in [0.15, 0.2) is 42.5 Å². The summed E-state index contributed by atoms with van der Waals surface area (Å²) in [4.78, 5) is 0. The number of nitrogens with one attached hydrogen (secondary N) is 1. The van der Waals surface area contributed by atoms with Gasteiger partial charge in [-0.05, 0) is 35.7 Å². The largest absolute Gasteiger partial charge is 0.497 e. The van der Waals surface area contributed by atoms with Gasteiger partial charge >= 0.3 is 0 Å². The monoisotopic (exact) mass is 301 g/mol. The lowest BCUT2D eigenvalue weighted by molar-refractivity contribution is 0.418. The lowest BCUT2D eigenvalue weighted by atomic mass is 9.91. The number of hydrogen-bond acceptors (Lipinski definition) is 3. The summed E-state index contributed by atoms with van der Waals surface area (Å²) in [5.41, 5.74) is 3.29. The molecule has 0 saturated carbocycles. The molecular weight excluding hydrogens is 285 g/mol. The van der Waals surface area contributed by atoms with Gasteiger partial charge in [0.2, 0.25) is 10.0 Å². The Morgan fingerprint density at radius 1 is 1.10 bits per heavy atom. The van der Waals surface area contributed by atoms with E-state index in [1.807, 2.05) is 30.3 Å². The van der Waals surface area contributed by atoms with E-state index in [2.05, 4.69) is 4.72 Å². The molecule has 1 N–H and O–H groups in total. The molecule has 0 amide bonds. The molecule has 0 aliphatic heterocycles. The minimum absolute atomic E-state index is 0.551. The Hall–Kier alpha value is -1.95. The Morgan fingerprint density at radius 2 is 1.71 bits per heavy atom. The Balaban J connectivity index is 2.11. The van der Waals surface area contributed by atoms with Crippen molar-refractivity contribution in [2.45, 2.75) is 6.42 Å². The van der Waals surface area contributed by atoms with Crippen LogP contribution in [0.25, 0.3) is 0 Å². The average molecular weight is 301 g/mol. The van der Waals surface area contributed by atoms with Crippen LogP contribution in [0.4, 0.5) is 5.69 Å². The maximum absolute atomic E-state index is 11.1. The summed E-state index contributed by atoms with van der Waals surface area (Å²) in [6, 6.07) is 12.9. The number of sulfonamides is 1. The zero-order valence-corrected chi connectivity index (χ0v) is 12.8. The smallest absolute Gasteiger partial charge is 0.229 e. The summed E-state index contributed by atoms with van der Waals surface area (Å²) < 4.78 is 29.8. The summed E-state index contributed by atoms with van der Waals surface area (Å²) in [7, 11) is 4.22. The maximum atomic E-state index is 11.1. The molecule has 0 spiro atoms. The van der Waals surface area contributed by atoms with Crippen LogP contribution in [0, 0.1) is 0 Å². The highest BCUT2D eigenvalue weighted by molar-refractivity contribution is 7.92. The minimum Gasteiger partial charge on any atom is -0.497 e. The number of benzene rings is 2. The van der Waals surface area contributed by atoms with Crippen LogP contribution in [0.2, 0.25) is 0 Å². The highest BCUT2D eigenvalue weighted by Crippen LogP contribution is 2.15. The fourth-order valence-corrected chi connectivity index (χ4v) is 2.60. The molecule has 0 aliphatic carbocycles. The van der Waals surface area contributed by atoms with Gasteiger partial charge < -0.3 is 4.74 Å². The summed E-state index contributed by atoms with van der Waals surface area (Å²) >= 11 is 0. The Bertz CT molecular complexity index is 727. The fourth-order valence-electron chi connectivity index (χ4n) is 2.03. The van der Waals surface area contributed by atoms with Crippen LogP contribution in [0.1, 0.15) is 11.1 Å². The van der Waals surface area contributed by atoms with Gasteiger partial charge in [-0.2, -0.15) is 0 Å². The van der Waals surface area contributed by atoms with Crippen LogP contribution in [0.3, 0.4) is 0 Å². The quantitative estimate of drug-likeness (QED) is 0.851. The first kappa shape index (κ1) is 15.4. The van der Waals surface area contributed by atoms with E-state index in [0.717, 1.165) is 17.4 Å². The summed E-state index contributed by atoms with van der Waals surface area (Å²) in [5.74, 6) is 0.659. The Morgan fingerprint density at radius 3 is 2.24 bits per heavy atom. The highest BCUT2D eigenvalue weighted by atomic mass is 32.2. The third kappa shape index (κ3) is 4.53. The second-order valence-corrected chi connectivity index (χ2v) is 6.57. The molecule has 0 unspecified atom stereocenters. The van der Waals surface area contributed by atoms with Crippen LogP contribution in [0.5, 0.6) is 5.75 Å². The number of rotatable bonds is 5. The fraction of sp³-hybridized carbons (Fsp3) is 0.200. The number of hydrogen-bond donors (Lipinski definition) is 1. The molecule has 108 valence electrons. The summed E-state index contributed by atoms with van der Waals surface area (Å²) in [5, 5.41) is 0. The van der Waals surface area contributed by atoms with E-state index in [9.17, 15) is 8.42 Å². The molecule has 0 fully saturated rings. The van der Waals surface area contributed by atoms with E-state index >= 15 is 0 Å². The van der Waals surface area contributed by atoms with E-state index < -0.39 is 10.0 Å². The van der Waals surface area contributed by atoms with Crippen LogP contribution in [-0.4, -0.2) is 29.6 Å². The molecule has 21 heavy (non-hydrogen) atoms. The topological polar surface area (TPSA) is 55.4 Å². The molecular formula is C15H16BNO3S. The van der Waals surface area contributed by atoms with Crippen LogP contribution in [-0.2, 0) is 16.4 Å². The van der Waals surface area contributed by atoms with Gasteiger partial charge in [-0.15, -0.1) is 0 Å². The molecule has 2 aromatic rings. The first-order chi connectivity index (χ1) is 9.87. The molecule has 0 heterocycles. The van der Waals surface area contributed by atoms with Crippen molar-refractivity contribution in [2.24, 2.45) is 0 Å². The van der Waals surface area contributed by atoms with Crippen molar-refractivity contribution in [1.29, 1.82) is 0 Å². The number of ether oxygens (including phenoxy) is 1. The predicted octanol–water partition coefficient (Wildman–Crippen LogP) is 1.45. The van der Waals surface area contributed by atoms with E-state index in [-0.39, 0.29) is 0 Å². The molecule has 2 radical (unpaired) electrons. The third-order valence-corrected chi connectivity index (χ3v) is 3.57. The van der Waals surface area contributed by atoms with Crippen molar-refractivity contribution in [1.82, 2.24) is 0 Å². The van der Waals surface area contributed by atoms with Crippen molar-refractivity contribution in [3.63, 3.8) is 0 Å². The van der Waals surface area contributed by atoms with Gasteiger partial charge in [0.1, 0.15) is 13.6 Å². The van der Waals surface area contributed by atoms with Gasteiger partial charge in [0.05, 0.1) is 13.4 Å². The van der Waals surface area contributed by atoms with Crippen molar-refractivity contribution in [3.8, 4) is 5.75 Å². The second-order valence-electron chi connectivity index (χ2n) is 4.82. The highest BCUT2D eigenvalue weighted by Gasteiger charge is 2.03. The number of anilines is 1. The van der Waals surface area contributed by atoms with Gasteiger partial charge in [-0.3, -0.25) is 4.72 Å². The van der Waals surface area contributed by atoms with Crippen molar-refractivity contribution in [2.75, 3.05) is 18.1 Å². The van der Waals surface area contributed by atoms with Gasteiger partial charge in [0.15, 0.2) is 0 Å². The van der Waals surface area contributed by atoms with Gasteiger partial charge in [-0.1, -0.05) is 29.7 Å². The molecule has 0 aromatic heterocycles. The Kier molecular flexibility index (Phi) is 4.58. The SMILES string of the molecule is [B]c1cc(Cc2ccc(NS(C)(=O)=O)cc2)ccc1OC. The third-order valence-electron chi connectivity index (χ3n) is 2.96. The molecule has 0 saturated heterocycles. The molecule has 0 aliphatic rings. The summed E-state index contributed by atoms with van der Waals surface area (Å²) in [6.45, 7) is 0. The van der Waals surface area contributed by atoms with E-state index in [1.54, 1.807) is 19.2 Å². The lowest BCUT2D eigenvalue weighted by Crippen LogP contribution is -2.09. The van der Waals surface area contributed by atoms with Crippen LogP contribution < -0.4 is 14.9 Å². The number of methoxy groups -OCH3 is 1. The molecule has 0 bridgehead atoms. The van der Waals surface area contributed by atoms with E-state index in [4.69, 9.17) is 12.6 Å². The first-order valence-electron chi connectivity index (χ1n) is 6.36. The van der Waals surface area contributed by atoms with Gasteiger partial charge in [0, 0.05) is 5.69 Å². The zero-order chi connectivity index (χ0) is 15.5. The average Bonchev–Trinajstić information content (AvgIpc) is 2.40. The van der Waals surface area contributed by atoms with Gasteiger partial charge in [-0.25, -0.2) is 8.42 Å². The second kappa shape index (κ2) is 6.22. The predicted molar refractivity (Wildman–Crippen MR) is 86.1 cm³/mol. The van der Waals surface area contributed by atoms with Crippen LogP contribution >= 0.6 is 0 Å². The summed E-state index contributed by atoms with van der Waals surface area (Å²) in [6.07, 6.45) is 1.84. The minimum atomic E-state index is -3.24. The Labute approximate surface area is 126 Å². The lowest BCUT2D eigenvalue weighted by Gasteiger charge is -2.09.